The second-order valence-corrected chi connectivity index (χ2v) is 5.59. The van der Waals surface area contributed by atoms with Crippen molar-refractivity contribution in [3.63, 3.8) is 0 Å². The Kier molecular flexibility index (Phi) is 3.97. The Morgan fingerprint density at radius 2 is 1.45 bits per heavy atom. The normalized spacial score (nSPS) is 23.0. The van der Waals surface area contributed by atoms with Gasteiger partial charge in [-0.05, 0) is 25.7 Å². The zero-order valence-electron chi connectivity index (χ0n) is 11.5. The summed E-state index contributed by atoms with van der Waals surface area (Å²) in [4.78, 5) is 26.3. The fourth-order valence-electron chi connectivity index (χ4n) is 3.04. The van der Waals surface area contributed by atoms with Gasteiger partial charge < -0.3 is 9.80 Å². The van der Waals surface area contributed by atoms with Gasteiger partial charge in [0.25, 0.3) is 0 Å². The van der Waals surface area contributed by atoms with E-state index >= 15 is 0 Å². The summed E-state index contributed by atoms with van der Waals surface area (Å²) in [5, 5.41) is 0. The van der Waals surface area contributed by atoms with Gasteiger partial charge in [0.2, 0.25) is 11.8 Å². The van der Waals surface area contributed by atoms with E-state index in [0.29, 0.717) is 13.1 Å². The third-order valence-corrected chi connectivity index (χ3v) is 4.41. The van der Waals surface area contributed by atoms with E-state index in [-0.39, 0.29) is 31.8 Å². The van der Waals surface area contributed by atoms with Gasteiger partial charge in [-0.1, -0.05) is 0 Å². The molecule has 0 atom stereocenters. The molecule has 0 aromatic rings. The summed E-state index contributed by atoms with van der Waals surface area (Å²) in [5.74, 6) is -1.04. The van der Waals surface area contributed by atoms with Crippen LogP contribution in [0.2, 0.25) is 0 Å². The van der Waals surface area contributed by atoms with Gasteiger partial charge in [0.05, 0.1) is 0 Å². The molecular weight excluding hydrogens is 273 g/mol. The van der Waals surface area contributed by atoms with Gasteiger partial charge in [0.15, 0.2) is 0 Å². The summed E-state index contributed by atoms with van der Waals surface area (Å²) in [6, 6.07) is 0. The Balaban J connectivity index is 2.20. The summed E-state index contributed by atoms with van der Waals surface area (Å²) in [6.45, 7) is 2.14. The zero-order valence-corrected chi connectivity index (χ0v) is 11.5. The van der Waals surface area contributed by atoms with E-state index in [1.807, 2.05) is 0 Å². The van der Waals surface area contributed by atoms with Crippen molar-refractivity contribution in [3.8, 4) is 0 Å². The molecule has 0 saturated carbocycles. The van der Waals surface area contributed by atoms with E-state index in [1.165, 1.54) is 16.7 Å². The Bertz CT molecular complexity index is 395. The Hall–Kier alpha value is -1.27. The molecule has 2 rings (SSSR count). The second kappa shape index (κ2) is 5.26. The highest BCUT2D eigenvalue weighted by molar-refractivity contribution is 5.84. The predicted octanol–water partition coefficient (Wildman–Crippen LogP) is 1.80. The molecule has 7 heteroatoms. The minimum absolute atomic E-state index is 0.00553. The molecular formula is C13H19F3N2O2. The van der Waals surface area contributed by atoms with Crippen LogP contribution in [0.15, 0.2) is 0 Å². The molecule has 2 fully saturated rings. The van der Waals surface area contributed by atoms with Crippen LogP contribution in [0.1, 0.15) is 32.6 Å². The molecule has 0 aromatic heterocycles. The molecule has 0 radical (unpaired) electrons. The number of carbonyl (C=O) groups is 2. The molecule has 0 bridgehead atoms. The lowest BCUT2D eigenvalue weighted by atomic mass is 9.76. The van der Waals surface area contributed by atoms with Crippen molar-refractivity contribution in [2.75, 3.05) is 26.2 Å². The maximum atomic E-state index is 13.5. The first-order valence-corrected chi connectivity index (χ1v) is 6.89. The van der Waals surface area contributed by atoms with Gasteiger partial charge in [-0.15, -0.1) is 0 Å². The monoisotopic (exact) mass is 292 g/mol. The summed E-state index contributed by atoms with van der Waals surface area (Å²) >= 11 is 0. The average molecular weight is 292 g/mol. The van der Waals surface area contributed by atoms with E-state index < -0.39 is 17.5 Å². The van der Waals surface area contributed by atoms with Crippen LogP contribution in [0.3, 0.4) is 0 Å². The number of nitrogens with zero attached hydrogens (tertiary/aromatic N) is 2. The average Bonchev–Trinajstić information content (AvgIpc) is 2.90. The third-order valence-electron chi connectivity index (χ3n) is 4.41. The van der Waals surface area contributed by atoms with Gasteiger partial charge in [-0.3, -0.25) is 9.59 Å². The summed E-state index contributed by atoms with van der Waals surface area (Å²) in [5.41, 5.74) is -2.30. The zero-order chi connectivity index (χ0) is 15.0. The molecule has 0 unspecified atom stereocenters. The summed E-state index contributed by atoms with van der Waals surface area (Å²) in [7, 11) is 0. The van der Waals surface area contributed by atoms with Crippen molar-refractivity contribution in [1.29, 1.82) is 0 Å². The first-order valence-electron chi connectivity index (χ1n) is 6.89. The number of hydrogen-bond donors (Lipinski definition) is 0. The number of likely N-dealkylation sites (tertiary alicyclic amines) is 2. The SMILES string of the molecule is CC(=O)N1CCC(C(=O)N2CCCC2)(C(F)(F)F)CC1. The van der Waals surface area contributed by atoms with Gasteiger partial charge in [-0.25, -0.2) is 0 Å². The van der Waals surface area contributed by atoms with Crippen molar-refractivity contribution in [2.24, 2.45) is 5.41 Å². The predicted molar refractivity (Wildman–Crippen MR) is 65.8 cm³/mol. The van der Waals surface area contributed by atoms with Crippen LogP contribution in [0.4, 0.5) is 13.2 Å². The number of hydrogen-bond acceptors (Lipinski definition) is 2. The van der Waals surface area contributed by atoms with Crippen LogP contribution in [0.5, 0.6) is 0 Å². The van der Waals surface area contributed by atoms with E-state index in [4.69, 9.17) is 0 Å². The topological polar surface area (TPSA) is 40.6 Å². The highest BCUT2D eigenvalue weighted by Crippen LogP contribution is 2.48. The van der Waals surface area contributed by atoms with Crippen molar-refractivity contribution in [1.82, 2.24) is 9.80 Å². The molecule has 0 aromatic carbocycles. The lowest BCUT2D eigenvalue weighted by Gasteiger charge is -2.43. The van der Waals surface area contributed by atoms with E-state index in [9.17, 15) is 22.8 Å². The number of amides is 2. The van der Waals surface area contributed by atoms with E-state index in [1.54, 1.807) is 0 Å². The minimum Gasteiger partial charge on any atom is -0.343 e. The molecule has 0 aliphatic carbocycles. The highest BCUT2D eigenvalue weighted by Gasteiger charge is 2.62. The van der Waals surface area contributed by atoms with E-state index in [2.05, 4.69) is 0 Å². The van der Waals surface area contributed by atoms with Gasteiger partial charge in [-0.2, -0.15) is 13.2 Å². The fraction of sp³-hybridized carbons (Fsp3) is 0.846. The fourth-order valence-corrected chi connectivity index (χ4v) is 3.04. The molecule has 0 N–H and O–H groups in total. The largest absolute Gasteiger partial charge is 0.403 e. The number of halogens is 3. The third kappa shape index (κ3) is 2.50. The van der Waals surface area contributed by atoms with Gasteiger partial charge >= 0.3 is 6.18 Å². The van der Waals surface area contributed by atoms with Gasteiger partial charge in [0.1, 0.15) is 5.41 Å². The quantitative estimate of drug-likeness (QED) is 0.739. The smallest absolute Gasteiger partial charge is 0.343 e. The first kappa shape index (κ1) is 15.1. The first-order chi connectivity index (χ1) is 9.28. The highest BCUT2D eigenvalue weighted by atomic mass is 19.4. The molecule has 0 spiro atoms. The Morgan fingerprint density at radius 1 is 0.950 bits per heavy atom. The van der Waals surface area contributed by atoms with Crippen molar-refractivity contribution < 1.29 is 22.8 Å². The number of piperidine rings is 1. The number of alkyl halides is 3. The molecule has 20 heavy (non-hydrogen) atoms. The van der Waals surface area contributed by atoms with Gasteiger partial charge in [0, 0.05) is 33.1 Å². The standard InChI is InChI=1S/C13H19F3N2O2/c1-10(19)17-8-4-12(5-9-17,13(14,15)16)11(20)18-6-2-3-7-18/h2-9H2,1H3. The summed E-state index contributed by atoms with van der Waals surface area (Å²) in [6.07, 6.45) is -3.69. The van der Waals surface area contributed by atoms with E-state index in [0.717, 1.165) is 12.8 Å². The molecule has 2 amide bonds. The maximum absolute atomic E-state index is 13.5. The molecule has 2 aliphatic rings. The molecule has 4 nitrogen and oxygen atoms in total. The molecule has 2 heterocycles. The van der Waals surface area contributed by atoms with Crippen molar-refractivity contribution in [2.45, 2.75) is 38.8 Å². The van der Waals surface area contributed by atoms with Crippen LogP contribution in [0.25, 0.3) is 0 Å². The molecule has 2 aliphatic heterocycles. The number of carbonyl (C=O) groups excluding carboxylic acids is 2. The maximum Gasteiger partial charge on any atom is 0.403 e. The van der Waals surface area contributed by atoms with Crippen LogP contribution in [0, 0.1) is 5.41 Å². The van der Waals surface area contributed by atoms with Crippen LogP contribution in [-0.2, 0) is 9.59 Å². The minimum atomic E-state index is -4.56. The second-order valence-electron chi connectivity index (χ2n) is 5.59. The van der Waals surface area contributed by atoms with Crippen LogP contribution < -0.4 is 0 Å². The lowest BCUT2D eigenvalue weighted by molar-refractivity contribution is -0.237. The Morgan fingerprint density at radius 3 is 1.85 bits per heavy atom. The molecule has 114 valence electrons. The Labute approximate surface area is 115 Å². The lowest BCUT2D eigenvalue weighted by Crippen LogP contribution is -2.57. The van der Waals surface area contributed by atoms with Crippen LogP contribution in [-0.4, -0.2) is 54.0 Å². The van der Waals surface area contributed by atoms with Crippen molar-refractivity contribution in [3.05, 3.63) is 0 Å². The number of rotatable bonds is 1. The van der Waals surface area contributed by atoms with Crippen LogP contribution >= 0.6 is 0 Å². The molecule has 2 saturated heterocycles. The van der Waals surface area contributed by atoms with Crippen molar-refractivity contribution >= 4 is 11.8 Å². The summed E-state index contributed by atoms with van der Waals surface area (Å²) < 4.78 is 40.4.